The Morgan fingerprint density at radius 1 is 1.92 bits per heavy atom. The molecule has 0 spiro atoms. The number of carbonyl (C=O) groups is 1. The molecule has 0 aliphatic carbocycles. The summed E-state index contributed by atoms with van der Waals surface area (Å²) in [7, 11) is 1.72. The summed E-state index contributed by atoms with van der Waals surface area (Å²) < 4.78 is 0. The number of carbonyl (C=O) groups excluding carboxylic acids is 1. The van der Waals surface area contributed by atoms with Crippen LogP contribution in [-0.2, 0) is 4.79 Å². The Balaban J connectivity index is 2.51. The first-order valence-corrected chi connectivity index (χ1v) is 4.86. The molecule has 0 aromatic rings. The molecule has 0 saturated carbocycles. The number of amides is 1. The molecule has 1 saturated heterocycles. The number of likely N-dealkylation sites (N-methyl/N-ethyl adjacent to an activating group) is 1. The van der Waals surface area contributed by atoms with E-state index in [2.05, 4.69) is 11.4 Å². The lowest BCUT2D eigenvalue weighted by Gasteiger charge is -2.17. The normalized spacial score (nSPS) is 22.3. The second-order valence-corrected chi connectivity index (χ2v) is 3.54. The SMILES string of the molecule is CNCC(=O)N1CSC[C@H]1C#N. The average Bonchev–Trinajstić information content (AvgIpc) is 2.51. The highest BCUT2D eigenvalue weighted by molar-refractivity contribution is 7.99. The summed E-state index contributed by atoms with van der Waals surface area (Å²) in [5.74, 6) is 1.40. The lowest BCUT2D eigenvalue weighted by atomic mass is 10.3. The van der Waals surface area contributed by atoms with Crippen molar-refractivity contribution in [1.82, 2.24) is 10.2 Å². The van der Waals surface area contributed by atoms with Gasteiger partial charge in [0, 0.05) is 5.75 Å². The second kappa shape index (κ2) is 4.33. The monoisotopic (exact) mass is 185 g/mol. The van der Waals surface area contributed by atoms with Crippen LogP contribution in [0.4, 0.5) is 0 Å². The highest BCUT2D eigenvalue weighted by Crippen LogP contribution is 2.19. The van der Waals surface area contributed by atoms with Crippen molar-refractivity contribution in [3.63, 3.8) is 0 Å². The number of thioether (sulfide) groups is 1. The van der Waals surface area contributed by atoms with Gasteiger partial charge in [0.25, 0.3) is 0 Å². The van der Waals surface area contributed by atoms with Crippen molar-refractivity contribution in [3.05, 3.63) is 0 Å². The van der Waals surface area contributed by atoms with Crippen molar-refractivity contribution in [1.29, 1.82) is 5.26 Å². The van der Waals surface area contributed by atoms with Gasteiger partial charge >= 0.3 is 0 Å². The van der Waals surface area contributed by atoms with Crippen LogP contribution in [0, 0.1) is 11.3 Å². The summed E-state index contributed by atoms with van der Waals surface area (Å²) in [6.07, 6.45) is 0. The first kappa shape index (κ1) is 9.36. The van der Waals surface area contributed by atoms with Crippen LogP contribution in [0.1, 0.15) is 0 Å². The van der Waals surface area contributed by atoms with Gasteiger partial charge in [-0.15, -0.1) is 11.8 Å². The van der Waals surface area contributed by atoms with Gasteiger partial charge in [-0.3, -0.25) is 4.79 Å². The number of hydrogen-bond donors (Lipinski definition) is 1. The minimum atomic E-state index is -0.226. The molecule has 0 aromatic heterocycles. The van der Waals surface area contributed by atoms with Gasteiger partial charge in [-0.05, 0) is 7.05 Å². The van der Waals surface area contributed by atoms with Crippen LogP contribution < -0.4 is 5.32 Å². The van der Waals surface area contributed by atoms with E-state index in [1.807, 2.05) is 0 Å². The lowest BCUT2D eigenvalue weighted by Crippen LogP contribution is -2.40. The maximum absolute atomic E-state index is 11.3. The Bertz CT molecular complexity index is 213. The molecule has 5 heteroatoms. The summed E-state index contributed by atoms with van der Waals surface area (Å²) in [5, 5.41) is 11.5. The fraction of sp³-hybridized carbons (Fsp3) is 0.714. The molecule has 66 valence electrons. The van der Waals surface area contributed by atoms with Crippen LogP contribution in [0.5, 0.6) is 0 Å². The van der Waals surface area contributed by atoms with Crippen molar-refractivity contribution in [2.45, 2.75) is 6.04 Å². The van der Waals surface area contributed by atoms with E-state index in [9.17, 15) is 4.79 Å². The topological polar surface area (TPSA) is 56.1 Å². The molecule has 1 rings (SSSR count). The van der Waals surface area contributed by atoms with Crippen molar-refractivity contribution in [3.8, 4) is 6.07 Å². The highest BCUT2D eigenvalue weighted by Gasteiger charge is 2.28. The molecule has 12 heavy (non-hydrogen) atoms. The van der Waals surface area contributed by atoms with E-state index in [1.165, 1.54) is 0 Å². The Morgan fingerprint density at radius 3 is 3.25 bits per heavy atom. The molecular weight excluding hydrogens is 174 g/mol. The molecule has 0 radical (unpaired) electrons. The smallest absolute Gasteiger partial charge is 0.238 e. The summed E-state index contributed by atoms with van der Waals surface area (Å²) >= 11 is 1.62. The van der Waals surface area contributed by atoms with Gasteiger partial charge in [-0.25, -0.2) is 0 Å². The number of hydrogen-bond acceptors (Lipinski definition) is 4. The maximum atomic E-state index is 11.3. The maximum Gasteiger partial charge on any atom is 0.238 e. The van der Waals surface area contributed by atoms with E-state index >= 15 is 0 Å². The summed E-state index contributed by atoms with van der Waals surface area (Å²) in [6.45, 7) is 0.318. The molecule has 1 aliphatic rings. The van der Waals surface area contributed by atoms with Crippen LogP contribution >= 0.6 is 11.8 Å². The van der Waals surface area contributed by atoms with E-state index in [4.69, 9.17) is 5.26 Å². The van der Waals surface area contributed by atoms with Crippen molar-refractivity contribution in [2.75, 3.05) is 25.2 Å². The lowest BCUT2D eigenvalue weighted by molar-refractivity contribution is -0.129. The van der Waals surface area contributed by atoms with Gasteiger partial charge in [0.05, 0.1) is 18.5 Å². The highest BCUT2D eigenvalue weighted by atomic mass is 32.2. The molecule has 1 N–H and O–H groups in total. The Morgan fingerprint density at radius 2 is 2.67 bits per heavy atom. The van der Waals surface area contributed by atoms with Gasteiger partial charge in [-0.2, -0.15) is 5.26 Å². The minimum Gasteiger partial charge on any atom is -0.315 e. The first-order chi connectivity index (χ1) is 5.79. The Kier molecular flexibility index (Phi) is 3.38. The van der Waals surface area contributed by atoms with Crippen molar-refractivity contribution in [2.24, 2.45) is 0 Å². The zero-order valence-corrected chi connectivity index (χ0v) is 7.73. The number of nitrogens with zero attached hydrogens (tertiary/aromatic N) is 2. The Hall–Kier alpha value is -0.730. The van der Waals surface area contributed by atoms with Crippen LogP contribution in [0.15, 0.2) is 0 Å². The fourth-order valence-corrected chi connectivity index (χ4v) is 2.15. The van der Waals surface area contributed by atoms with E-state index in [0.717, 1.165) is 5.75 Å². The van der Waals surface area contributed by atoms with E-state index in [-0.39, 0.29) is 11.9 Å². The summed E-state index contributed by atoms with van der Waals surface area (Å²) in [4.78, 5) is 12.9. The quantitative estimate of drug-likeness (QED) is 0.638. The molecule has 1 amide bonds. The van der Waals surface area contributed by atoms with E-state index in [0.29, 0.717) is 12.4 Å². The molecular formula is C7H11N3OS. The molecule has 1 fully saturated rings. The van der Waals surface area contributed by atoms with E-state index in [1.54, 1.807) is 23.7 Å². The molecule has 1 heterocycles. The van der Waals surface area contributed by atoms with Crippen LogP contribution in [-0.4, -0.2) is 42.1 Å². The van der Waals surface area contributed by atoms with Gasteiger partial charge < -0.3 is 10.2 Å². The standard InChI is InChI=1S/C7H11N3OS/c1-9-3-7(11)10-5-12-4-6(10)2-8/h6,9H,3-5H2,1H3/t6-/m1/s1. The zero-order chi connectivity index (χ0) is 8.97. The van der Waals surface area contributed by atoms with Gasteiger partial charge in [0.2, 0.25) is 5.91 Å². The molecule has 4 nitrogen and oxygen atoms in total. The van der Waals surface area contributed by atoms with Gasteiger partial charge in [-0.1, -0.05) is 0 Å². The number of rotatable bonds is 2. The first-order valence-electron chi connectivity index (χ1n) is 3.71. The molecule has 1 atom stereocenters. The van der Waals surface area contributed by atoms with Crippen LogP contribution in [0.3, 0.4) is 0 Å². The third-order valence-electron chi connectivity index (χ3n) is 1.68. The average molecular weight is 185 g/mol. The number of nitrogens with one attached hydrogen (secondary N) is 1. The second-order valence-electron chi connectivity index (χ2n) is 2.54. The fourth-order valence-electron chi connectivity index (χ4n) is 1.05. The van der Waals surface area contributed by atoms with Crippen LogP contribution in [0.2, 0.25) is 0 Å². The third kappa shape index (κ3) is 1.90. The molecule has 0 aromatic carbocycles. The van der Waals surface area contributed by atoms with E-state index < -0.39 is 0 Å². The predicted octanol–water partition coefficient (Wildman–Crippen LogP) is -0.369. The van der Waals surface area contributed by atoms with Gasteiger partial charge in [0.1, 0.15) is 6.04 Å². The molecule has 1 aliphatic heterocycles. The zero-order valence-electron chi connectivity index (χ0n) is 6.91. The largest absolute Gasteiger partial charge is 0.315 e. The van der Waals surface area contributed by atoms with Crippen molar-refractivity contribution < 1.29 is 4.79 Å². The third-order valence-corrected chi connectivity index (χ3v) is 2.69. The molecule has 0 bridgehead atoms. The van der Waals surface area contributed by atoms with Crippen molar-refractivity contribution >= 4 is 17.7 Å². The van der Waals surface area contributed by atoms with Crippen LogP contribution in [0.25, 0.3) is 0 Å². The molecule has 0 unspecified atom stereocenters. The van der Waals surface area contributed by atoms with Gasteiger partial charge in [0.15, 0.2) is 0 Å². The minimum absolute atomic E-state index is 0.00838. The summed E-state index contributed by atoms with van der Waals surface area (Å²) in [5.41, 5.74) is 0. The predicted molar refractivity (Wildman–Crippen MR) is 47.5 cm³/mol. The number of nitriles is 1. The summed E-state index contributed by atoms with van der Waals surface area (Å²) in [6, 6.07) is 1.88. The Labute approximate surface area is 75.9 Å².